The van der Waals surface area contributed by atoms with E-state index in [2.05, 4.69) is 18.8 Å². The van der Waals surface area contributed by atoms with Gasteiger partial charge in [0.15, 0.2) is 0 Å². The minimum Gasteiger partial charge on any atom is -0.384 e. The zero-order valence-electron chi connectivity index (χ0n) is 9.69. The molecule has 3 heteroatoms. The molecule has 1 N–H and O–H groups in total. The maximum absolute atomic E-state index is 10.3. The molecule has 0 atom stereocenters. The average molecular weight is 360 g/mol. The number of rotatable bonds is 6. The van der Waals surface area contributed by atoms with Crippen molar-refractivity contribution in [1.29, 1.82) is 0 Å². The van der Waals surface area contributed by atoms with Crippen LogP contribution in [0.5, 0.6) is 0 Å². The number of aliphatic hydroxyl groups is 1. The van der Waals surface area contributed by atoms with Crippen molar-refractivity contribution in [3.8, 4) is 0 Å². The summed E-state index contributed by atoms with van der Waals surface area (Å²) >= 11 is 0. The van der Waals surface area contributed by atoms with Gasteiger partial charge in [-0.05, 0) is 26.7 Å². The Morgan fingerprint density at radius 3 is 1.86 bits per heavy atom. The standard InChI is InChI=1S/C11H23NO.Lu/c1-5-8-11(13,9-6-2)10(4)12-7-3;/h13H,5-9H2,1-4H3;. The van der Waals surface area contributed by atoms with Crippen molar-refractivity contribution in [2.45, 2.75) is 59.0 Å². The van der Waals surface area contributed by atoms with Gasteiger partial charge in [-0.15, -0.1) is 0 Å². The number of nitrogens with zero attached hydrogens (tertiary/aromatic N) is 1. The number of hydrogen-bond acceptors (Lipinski definition) is 2. The van der Waals surface area contributed by atoms with E-state index in [1.54, 1.807) is 0 Å². The van der Waals surface area contributed by atoms with Crippen molar-refractivity contribution in [2.24, 2.45) is 4.99 Å². The molecule has 0 aliphatic rings. The molecule has 2 nitrogen and oxygen atoms in total. The summed E-state index contributed by atoms with van der Waals surface area (Å²) in [6.45, 7) is 8.90. The van der Waals surface area contributed by atoms with Crippen molar-refractivity contribution in [2.75, 3.05) is 6.54 Å². The Hall–Kier alpha value is 0.864. The van der Waals surface area contributed by atoms with Crippen LogP contribution in [-0.2, 0) is 0 Å². The SMILES string of the molecule is CCCC(O)(CCC)C(C)=NCC.[Lu]. The third-order valence-electron chi connectivity index (χ3n) is 2.40. The number of hydrogen-bond donors (Lipinski definition) is 1. The Kier molecular flexibility index (Phi) is 11.2. The van der Waals surface area contributed by atoms with Crippen LogP contribution in [0.1, 0.15) is 53.4 Å². The number of aliphatic imine (C=N–C) groups is 1. The third kappa shape index (κ3) is 5.67. The molecule has 0 unspecified atom stereocenters. The van der Waals surface area contributed by atoms with Crippen LogP contribution < -0.4 is 0 Å². The Bertz CT molecular complexity index is 163. The average Bonchev–Trinajstić information content (AvgIpc) is 2.05. The van der Waals surface area contributed by atoms with Gasteiger partial charge >= 0.3 is 0 Å². The molecule has 0 saturated carbocycles. The molecule has 0 rings (SSSR count). The predicted molar refractivity (Wildman–Crippen MR) is 58.4 cm³/mol. The van der Waals surface area contributed by atoms with Crippen LogP contribution in [0, 0.1) is 36.9 Å². The van der Waals surface area contributed by atoms with E-state index in [0.717, 1.165) is 37.9 Å². The van der Waals surface area contributed by atoms with Gasteiger partial charge in [0.05, 0.1) is 0 Å². The Balaban J connectivity index is 0. The van der Waals surface area contributed by atoms with Gasteiger partial charge < -0.3 is 5.11 Å². The van der Waals surface area contributed by atoms with E-state index in [1.165, 1.54) is 0 Å². The molecule has 0 heterocycles. The second-order valence-corrected chi connectivity index (χ2v) is 3.59. The quantitative estimate of drug-likeness (QED) is 0.726. The molecule has 0 amide bonds. The van der Waals surface area contributed by atoms with Crippen molar-refractivity contribution in [1.82, 2.24) is 0 Å². The van der Waals surface area contributed by atoms with E-state index in [4.69, 9.17) is 0 Å². The summed E-state index contributed by atoms with van der Waals surface area (Å²) in [6.07, 6.45) is 3.67. The summed E-state index contributed by atoms with van der Waals surface area (Å²) in [5.74, 6) is 0. The maximum Gasteiger partial charge on any atom is 0.102 e. The first-order valence-corrected chi connectivity index (χ1v) is 5.34. The van der Waals surface area contributed by atoms with E-state index in [0.29, 0.717) is 0 Å². The van der Waals surface area contributed by atoms with Crippen LogP contribution in [0.3, 0.4) is 0 Å². The van der Waals surface area contributed by atoms with Crippen molar-refractivity contribution < 1.29 is 42.0 Å². The zero-order chi connectivity index (χ0) is 10.3. The molecule has 1 radical (unpaired) electrons. The van der Waals surface area contributed by atoms with E-state index in [-0.39, 0.29) is 36.9 Å². The Labute approximate surface area is 117 Å². The smallest absolute Gasteiger partial charge is 0.102 e. The van der Waals surface area contributed by atoms with Crippen molar-refractivity contribution >= 4 is 5.71 Å². The summed E-state index contributed by atoms with van der Waals surface area (Å²) in [7, 11) is 0. The normalized spacial score (nSPS) is 12.5. The topological polar surface area (TPSA) is 32.6 Å². The predicted octanol–water partition coefficient (Wildman–Crippen LogP) is 2.80. The van der Waals surface area contributed by atoms with E-state index < -0.39 is 5.60 Å². The first-order chi connectivity index (χ1) is 6.10. The van der Waals surface area contributed by atoms with Gasteiger partial charge in [0.1, 0.15) is 5.60 Å². The second kappa shape index (κ2) is 9.12. The van der Waals surface area contributed by atoms with Gasteiger partial charge in [0.2, 0.25) is 0 Å². The van der Waals surface area contributed by atoms with E-state index in [9.17, 15) is 5.11 Å². The monoisotopic (exact) mass is 360 g/mol. The molecule has 0 aliphatic carbocycles. The maximum atomic E-state index is 10.3. The summed E-state index contributed by atoms with van der Waals surface area (Å²) in [4.78, 5) is 4.30. The molecular formula is C11H23LuNO. The van der Waals surface area contributed by atoms with Gasteiger partial charge in [0, 0.05) is 49.1 Å². The molecular weight excluding hydrogens is 337 g/mol. The molecule has 0 saturated heterocycles. The molecule has 0 bridgehead atoms. The summed E-state index contributed by atoms with van der Waals surface area (Å²) < 4.78 is 0. The van der Waals surface area contributed by atoms with Gasteiger partial charge in [-0.3, -0.25) is 4.99 Å². The van der Waals surface area contributed by atoms with Gasteiger partial charge in [-0.1, -0.05) is 26.7 Å². The first kappa shape index (κ1) is 17.3. The molecule has 0 aliphatic heterocycles. The fraction of sp³-hybridized carbons (Fsp3) is 0.909. The molecule has 0 spiro atoms. The minimum atomic E-state index is -0.639. The van der Waals surface area contributed by atoms with E-state index in [1.807, 2.05) is 13.8 Å². The Morgan fingerprint density at radius 2 is 1.57 bits per heavy atom. The Morgan fingerprint density at radius 1 is 1.14 bits per heavy atom. The van der Waals surface area contributed by atoms with E-state index >= 15 is 0 Å². The molecule has 0 aromatic rings. The van der Waals surface area contributed by atoms with Crippen molar-refractivity contribution in [3.05, 3.63) is 0 Å². The first-order valence-electron chi connectivity index (χ1n) is 5.34. The van der Waals surface area contributed by atoms with Gasteiger partial charge in [0.25, 0.3) is 0 Å². The summed E-state index contributed by atoms with van der Waals surface area (Å²) in [6, 6.07) is 0. The summed E-state index contributed by atoms with van der Waals surface area (Å²) in [5.41, 5.74) is 0.262. The largest absolute Gasteiger partial charge is 0.384 e. The molecule has 0 aromatic heterocycles. The zero-order valence-corrected chi connectivity index (χ0v) is 11.3. The second-order valence-electron chi connectivity index (χ2n) is 3.59. The minimum absolute atomic E-state index is 0. The van der Waals surface area contributed by atoms with Crippen LogP contribution in [-0.4, -0.2) is 23.0 Å². The molecule has 93 valence electrons. The van der Waals surface area contributed by atoms with Gasteiger partial charge in [-0.25, -0.2) is 0 Å². The fourth-order valence-electron chi connectivity index (χ4n) is 1.70. The van der Waals surface area contributed by atoms with Crippen LogP contribution in [0.4, 0.5) is 0 Å². The third-order valence-corrected chi connectivity index (χ3v) is 2.40. The molecule has 0 aromatic carbocycles. The van der Waals surface area contributed by atoms with Crippen LogP contribution in [0.25, 0.3) is 0 Å². The van der Waals surface area contributed by atoms with Crippen molar-refractivity contribution in [3.63, 3.8) is 0 Å². The van der Waals surface area contributed by atoms with Crippen LogP contribution in [0.2, 0.25) is 0 Å². The summed E-state index contributed by atoms with van der Waals surface area (Å²) in [5, 5.41) is 10.3. The van der Waals surface area contributed by atoms with Crippen LogP contribution >= 0.6 is 0 Å². The van der Waals surface area contributed by atoms with Crippen LogP contribution in [0.15, 0.2) is 4.99 Å². The fourth-order valence-corrected chi connectivity index (χ4v) is 1.70. The molecule has 0 fully saturated rings. The van der Waals surface area contributed by atoms with Gasteiger partial charge in [-0.2, -0.15) is 0 Å². The molecule has 14 heavy (non-hydrogen) atoms.